The van der Waals surface area contributed by atoms with Crippen molar-refractivity contribution in [3.63, 3.8) is 0 Å². The van der Waals surface area contributed by atoms with Gasteiger partial charge in [-0.25, -0.2) is 8.42 Å². The number of rotatable bonds is 6. The Kier molecular flexibility index (Phi) is 6.24. The summed E-state index contributed by atoms with van der Waals surface area (Å²) in [6, 6.07) is 11.8. The van der Waals surface area contributed by atoms with Crippen LogP contribution in [0.25, 0.3) is 11.3 Å². The predicted molar refractivity (Wildman–Crippen MR) is 115 cm³/mol. The number of ether oxygens (including phenoxy) is 1. The summed E-state index contributed by atoms with van der Waals surface area (Å²) in [6.07, 6.45) is 1.73. The van der Waals surface area contributed by atoms with Gasteiger partial charge in [0, 0.05) is 42.3 Å². The standard InChI is InChI=1S/C21H21N3O4S2/c25-21(23-14-17-2-1-8-22-20(17)18-7-13-29-15-18)16-3-5-19(6-4-16)30(26,27)24-9-11-28-12-10-24/h1-8,13,15H,9-12,14H2,(H,23,25). The van der Waals surface area contributed by atoms with Crippen molar-refractivity contribution in [2.45, 2.75) is 11.4 Å². The van der Waals surface area contributed by atoms with E-state index in [9.17, 15) is 13.2 Å². The van der Waals surface area contributed by atoms with Crippen LogP contribution in [0.3, 0.4) is 0 Å². The molecule has 9 heteroatoms. The molecule has 1 fully saturated rings. The Hall–Kier alpha value is -2.59. The molecule has 3 aromatic rings. The molecule has 4 rings (SSSR count). The van der Waals surface area contributed by atoms with Crippen molar-refractivity contribution in [1.82, 2.24) is 14.6 Å². The number of pyridine rings is 1. The Labute approximate surface area is 179 Å². The first kappa shape index (κ1) is 20.7. The van der Waals surface area contributed by atoms with E-state index in [1.807, 2.05) is 29.0 Å². The van der Waals surface area contributed by atoms with E-state index in [1.165, 1.54) is 28.6 Å². The zero-order valence-corrected chi connectivity index (χ0v) is 17.8. The number of sulfonamides is 1. The summed E-state index contributed by atoms with van der Waals surface area (Å²) in [5, 5.41) is 6.89. The van der Waals surface area contributed by atoms with Crippen LogP contribution in [0.15, 0.2) is 64.3 Å². The van der Waals surface area contributed by atoms with Gasteiger partial charge in [0.2, 0.25) is 10.0 Å². The number of carbonyl (C=O) groups is 1. The van der Waals surface area contributed by atoms with Crippen molar-refractivity contribution < 1.29 is 17.9 Å². The number of hydrogen-bond donors (Lipinski definition) is 1. The minimum Gasteiger partial charge on any atom is -0.379 e. The second kappa shape index (κ2) is 9.05. The van der Waals surface area contributed by atoms with Crippen LogP contribution in [0.4, 0.5) is 0 Å². The summed E-state index contributed by atoms with van der Waals surface area (Å²) in [6.45, 7) is 1.78. The van der Waals surface area contributed by atoms with Crippen LogP contribution in [0.1, 0.15) is 15.9 Å². The van der Waals surface area contributed by atoms with Crippen LogP contribution in [0.5, 0.6) is 0 Å². The van der Waals surface area contributed by atoms with Crippen LogP contribution >= 0.6 is 11.3 Å². The monoisotopic (exact) mass is 443 g/mol. The highest BCUT2D eigenvalue weighted by Gasteiger charge is 2.26. The molecule has 156 valence electrons. The minimum absolute atomic E-state index is 0.174. The Balaban J connectivity index is 1.44. The van der Waals surface area contributed by atoms with E-state index in [1.54, 1.807) is 17.5 Å². The maximum atomic E-state index is 12.7. The number of benzene rings is 1. The van der Waals surface area contributed by atoms with E-state index in [0.29, 0.717) is 38.4 Å². The molecule has 0 spiro atoms. The van der Waals surface area contributed by atoms with Crippen molar-refractivity contribution in [3.8, 4) is 11.3 Å². The van der Waals surface area contributed by atoms with E-state index in [-0.39, 0.29) is 10.8 Å². The number of thiophene rings is 1. The zero-order valence-electron chi connectivity index (χ0n) is 16.2. The van der Waals surface area contributed by atoms with E-state index < -0.39 is 10.0 Å². The van der Waals surface area contributed by atoms with E-state index in [4.69, 9.17) is 4.74 Å². The molecular formula is C21H21N3O4S2. The van der Waals surface area contributed by atoms with E-state index in [2.05, 4.69) is 10.3 Å². The molecule has 0 saturated carbocycles. The van der Waals surface area contributed by atoms with Gasteiger partial charge in [-0.1, -0.05) is 6.07 Å². The number of carbonyl (C=O) groups excluding carboxylic acids is 1. The third-order valence-corrected chi connectivity index (χ3v) is 7.45. The molecule has 1 aliphatic rings. The lowest BCUT2D eigenvalue weighted by Gasteiger charge is -2.26. The molecule has 1 N–H and O–H groups in total. The maximum Gasteiger partial charge on any atom is 0.251 e. The fraction of sp³-hybridized carbons (Fsp3) is 0.238. The van der Waals surface area contributed by atoms with Gasteiger partial charge in [-0.2, -0.15) is 15.6 Å². The summed E-state index contributed by atoms with van der Waals surface area (Å²) in [4.78, 5) is 17.2. The van der Waals surface area contributed by atoms with Gasteiger partial charge in [0.15, 0.2) is 0 Å². The van der Waals surface area contributed by atoms with Crippen LogP contribution in [-0.4, -0.2) is 49.9 Å². The molecule has 1 amide bonds. The lowest BCUT2D eigenvalue weighted by atomic mass is 10.1. The highest BCUT2D eigenvalue weighted by atomic mass is 32.2. The second-order valence-corrected chi connectivity index (χ2v) is 9.46. The normalized spacial score (nSPS) is 15.1. The Morgan fingerprint density at radius 3 is 2.60 bits per heavy atom. The topological polar surface area (TPSA) is 88.6 Å². The molecule has 1 aliphatic heterocycles. The smallest absolute Gasteiger partial charge is 0.251 e. The van der Waals surface area contributed by atoms with Gasteiger partial charge in [0.05, 0.1) is 23.8 Å². The maximum absolute atomic E-state index is 12.7. The summed E-state index contributed by atoms with van der Waals surface area (Å²) >= 11 is 1.59. The number of morpholine rings is 1. The fourth-order valence-electron chi connectivity index (χ4n) is 3.23. The first-order chi connectivity index (χ1) is 14.6. The summed E-state index contributed by atoms with van der Waals surface area (Å²) in [7, 11) is -3.58. The molecule has 0 bridgehead atoms. The summed E-state index contributed by atoms with van der Waals surface area (Å²) in [5.41, 5.74) is 3.17. The van der Waals surface area contributed by atoms with Crippen LogP contribution in [0, 0.1) is 0 Å². The molecule has 0 unspecified atom stereocenters. The van der Waals surface area contributed by atoms with Gasteiger partial charge in [0.25, 0.3) is 5.91 Å². The van der Waals surface area contributed by atoms with Crippen molar-refractivity contribution in [1.29, 1.82) is 0 Å². The molecule has 7 nitrogen and oxygen atoms in total. The van der Waals surface area contributed by atoms with Crippen molar-refractivity contribution in [3.05, 3.63) is 70.5 Å². The number of nitrogens with one attached hydrogen (secondary N) is 1. The average molecular weight is 444 g/mol. The van der Waals surface area contributed by atoms with Crippen molar-refractivity contribution >= 4 is 27.3 Å². The molecule has 0 atom stereocenters. The third-order valence-electron chi connectivity index (χ3n) is 4.85. The number of nitrogens with zero attached hydrogens (tertiary/aromatic N) is 2. The minimum atomic E-state index is -3.58. The summed E-state index contributed by atoms with van der Waals surface area (Å²) in [5.74, 6) is -0.273. The lowest BCUT2D eigenvalue weighted by Crippen LogP contribution is -2.40. The number of aromatic nitrogens is 1. The second-order valence-electron chi connectivity index (χ2n) is 6.75. The first-order valence-electron chi connectivity index (χ1n) is 9.48. The average Bonchev–Trinajstić information content (AvgIpc) is 3.33. The largest absolute Gasteiger partial charge is 0.379 e. The Morgan fingerprint density at radius 1 is 1.13 bits per heavy atom. The molecule has 30 heavy (non-hydrogen) atoms. The molecule has 0 radical (unpaired) electrons. The van der Waals surface area contributed by atoms with Crippen molar-refractivity contribution in [2.24, 2.45) is 0 Å². The Bertz CT molecular complexity index is 1110. The quantitative estimate of drug-likeness (QED) is 0.633. The van der Waals surface area contributed by atoms with Gasteiger partial charge in [-0.15, -0.1) is 0 Å². The number of hydrogen-bond acceptors (Lipinski definition) is 6. The molecule has 1 saturated heterocycles. The SMILES string of the molecule is O=C(NCc1cccnc1-c1ccsc1)c1ccc(S(=O)(=O)N2CCOCC2)cc1. The highest BCUT2D eigenvalue weighted by molar-refractivity contribution is 7.89. The first-order valence-corrected chi connectivity index (χ1v) is 11.9. The van der Waals surface area contributed by atoms with Gasteiger partial charge >= 0.3 is 0 Å². The van der Waals surface area contributed by atoms with Gasteiger partial charge in [-0.05, 0) is 47.3 Å². The van der Waals surface area contributed by atoms with E-state index >= 15 is 0 Å². The van der Waals surface area contributed by atoms with Crippen LogP contribution in [-0.2, 0) is 21.3 Å². The van der Waals surface area contributed by atoms with Crippen LogP contribution < -0.4 is 5.32 Å². The predicted octanol–water partition coefficient (Wildman–Crippen LogP) is 2.76. The fourth-order valence-corrected chi connectivity index (χ4v) is 5.28. The molecule has 1 aromatic carbocycles. The number of amides is 1. The van der Waals surface area contributed by atoms with Gasteiger partial charge in [0.1, 0.15) is 0 Å². The van der Waals surface area contributed by atoms with Crippen LogP contribution in [0.2, 0.25) is 0 Å². The summed E-state index contributed by atoms with van der Waals surface area (Å²) < 4.78 is 32.0. The van der Waals surface area contributed by atoms with Crippen molar-refractivity contribution in [2.75, 3.05) is 26.3 Å². The third kappa shape index (κ3) is 4.44. The molecule has 3 heterocycles. The lowest BCUT2D eigenvalue weighted by molar-refractivity contribution is 0.0730. The molecule has 0 aliphatic carbocycles. The van der Waals surface area contributed by atoms with E-state index in [0.717, 1.165) is 16.8 Å². The molecule has 2 aromatic heterocycles. The molecular weight excluding hydrogens is 422 g/mol. The Morgan fingerprint density at radius 2 is 1.90 bits per heavy atom. The van der Waals surface area contributed by atoms with Gasteiger partial charge < -0.3 is 10.1 Å². The highest BCUT2D eigenvalue weighted by Crippen LogP contribution is 2.23. The van der Waals surface area contributed by atoms with Gasteiger partial charge in [-0.3, -0.25) is 9.78 Å². The zero-order chi connectivity index (χ0) is 21.0.